The Balaban J connectivity index is 1.27. The number of nitriles is 1. The zero-order valence-corrected chi connectivity index (χ0v) is 21.7. The van der Waals surface area contributed by atoms with Crippen LogP contribution in [-0.2, 0) is 29.0 Å². The van der Waals surface area contributed by atoms with Gasteiger partial charge in [0.15, 0.2) is 11.5 Å². The molecule has 0 fully saturated rings. The number of fused-ring (bicyclic) bond motifs is 2. The number of aryl methyl sites for hydroxylation is 1. The van der Waals surface area contributed by atoms with E-state index in [1.807, 2.05) is 24.3 Å². The van der Waals surface area contributed by atoms with Crippen LogP contribution in [0.15, 0.2) is 48.0 Å². The predicted molar refractivity (Wildman–Crippen MR) is 142 cm³/mol. The number of rotatable bonds is 8. The minimum absolute atomic E-state index is 0.0693. The Morgan fingerprint density at radius 2 is 1.89 bits per heavy atom. The lowest BCUT2D eigenvalue weighted by atomic mass is 9.95. The van der Waals surface area contributed by atoms with Crippen molar-refractivity contribution in [2.45, 2.75) is 39.2 Å². The lowest BCUT2D eigenvalue weighted by Gasteiger charge is -2.12. The normalized spacial score (nSPS) is 13.8. The zero-order chi connectivity index (χ0) is 26.5. The lowest BCUT2D eigenvalue weighted by Crippen LogP contribution is -2.16. The maximum absolute atomic E-state index is 13.0. The van der Waals surface area contributed by atoms with Crippen molar-refractivity contribution in [1.82, 2.24) is 0 Å². The highest BCUT2D eigenvalue weighted by Crippen LogP contribution is 2.39. The number of nitrogens with one attached hydrogen (secondary N) is 1. The molecule has 194 valence electrons. The van der Waals surface area contributed by atoms with Crippen molar-refractivity contribution in [3.05, 3.63) is 75.2 Å². The molecule has 0 spiro atoms. The van der Waals surface area contributed by atoms with Gasteiger partial charge >= 0.3 is 5.97 Å². The van der Waals surface area contributed by atoms with Gasteiger partial charge in [-0.15, -0.1) is 11.3 Å². The highest BCUT2D eigenvalue weighted by molar-refractivity contribution is 7.17. The number of benzene rings is 2. The SMILES string of the molecule is CCOC(=O)c1c(NC(=O)/C(C#N)=C/c2ccc(OCc3ccc4c(c3)OCO4)cc2)sc2c1CCCC2. The van der Waals surface area contributed by atoms with Gasteiger partial charge in [0, 0.05) is 4.88 Å². The molecule has 1 aromatic heterocycles. The quantitative estimate of drug-likeness (QED) is 0.228. The maximum atomic E-state index is 13.0. The Bertz CT molecular complexity index is 1430. The molecule has 1 aliphatic heterocycles. The first-order valence-electron chi connectivity index (χ1n) is 12.4. The zero-order valence-electron chi connectivity index (χ0n) is 20.9. The molecule has 9 heteroatoms. The molecule has 2 aromatic carbocycles. The summed E-state index contributed by atoms with van der Waals surface area (Å²) in [6.07, 6.45) is 5.19. The molecule has 0 saturated carbocycles. The molecule has 0 radical (unpaired) electrons. The van der Waals surface area contributed by atoms with E-state index in [4.69, 9.17) is 18.9 Å². The molecular weight excluding hydrogens is 504 g/mol. The maximum Gasteiger partial charge on any atom is 0.341 e. The van der Waals surface area contributed by atoms with Crippen molar-refractivity contribution in [2.75, 3.05) is 18.7 Å². The van der Waals surface area contributed by atoms with E-state index in [0.717, 1.165) is 47.4 Å². The third-order valence-electron chi connectivity index (χ3n) is 6.28. The van der Waals surface area contributed by atoms with Gasteiger partial charge in [0.2, 0.25) is 6.79 Å². The summed E-state index contributed by atoms with van der Waals surface area (Å²) in [6.45, 7) is 2.57. The van der Waals surface area contributed by atoms with Gasteiger partial charge in [0.05, 0.1) is 12.2 Å². The van der Waals surface area contributed by atoms with Crippen LogP contribution in [0.1, 0.15) is 51.7 Å². The largest absolute Gasteiger partial charge is 0.489 e. The van der Waals surface area contributed by atoms with Crippen molar-refractivity contribution in [3.8, 4) is 23.3 Å². The standard InChI is InChI=1S/C29H26N2O6S/c1-2-34-29(33)26-22-5-3-4-6-25(22)38-28(26)31-27(32)20(15-30)13-18-7-10-21(11-8-18)35-16-19-9-12-23-24(14-19)37-17-36-23/h7-14H,2-6,16-17H2,1H3,(H,31,32)/b20-13+. The van der Waals surface area contributed by atoms with Crippen LogP contribution in [0.25, 0.3) is 6.08 Å². The molecule has 3 aromatic rings. The molecule has 0 atom stereocenters. The number of hydrogen-bond donors (Lipinski definition) is 1. The van der Waals surface area contributed by atoms with E-state index in [9.17, 15) is 14.9 Å². The highest BCUT2D eigenvalue weighted by Gasteiger charge is 2.27. The van der Waals surface area contributed by atoms with E-state index in [2.05, 4.69) is 5.32 Å². The van der Waals surface area contributed by atoms with Gasteiger partial charge in [0.25, 0.3) is 5.91 Å². The lowest BCUT2D eigenvalue weighted by molar-refractivity contribution is -0.112. The second-order valence-electron chi connectivity index (χ2n) is 8.80. The van der Waals surface area contributed by atoms with Gasteiger partial charge in [-0.1, -0.05) is 18.2 Å². The number of thiophene rings is 1. The Morgan fingerprint density at radius 1 is 1.11 bits per heavy atom. The van der Waals surface area contributed by atoms with Crippen molar-refractivity contribution < 1.29 is 28.5 Å². The van der Waals surface area contributed by atoms with Crippen LogP contribution in [0.3, 0.4) is 0 Å². The second-order valence-corrected chi connectivity index (χ2v) is 9.91. The summed E-state index contributed by atoms with van der Waals surface area (Å²) >= 11 is 1.39. The third kappa shape index (κ3) is 5.50. The summed E-state index contributed by atoms with van der Waals surface area (Å²) in [7, 11) is 0. The minimum Gasteiger partial charge on any atom is -0.489 e. The summed E-state index contributed by atoms with van der Waals surface area (Å²) < 4.78 is 21.8. The molecule has 0 saturated heterocycles. The van der Waals surface area contributed by atoms with Crippen LogP contribution < -0.4 is 19.5 Å². The Kier molecular flexibility index (Phi) is 7.61. The summed E-state index contributed by atoms with van der Waals surface area (Å²) in [6, 6.07) is 14.7. The van der Waals surface area contributed by atoms with Gasteiger partial charge < -0.3 is 24.3 Å². The molecule has 1 aliphatic carbocycles. The molecule has 1 amide bonds. The first-order chi connectivity index (χ1) is 18.6. The van der Waals surface area contributed by atoms with Crippen molar-refractivity contribution in [1.29, 1.82) is 5.26 Å². The number of hydrogen-bond acceptors (Lipinski definition) is 8. The first kappa shape index (κ1) is 25.4. The predicted octanol–water partition coefficient (Wildman–Crippen LogP) is 5.66. The third-order valence-corrected chi connectivity index (χ3v) is 7.48. The van der Waals surface area contributed by atoms with Crippen LogP contribution in [0, 0.1) is 11.3 Å². The number of carbonyl (C=O) groups excluding carboxylic acids is 2. The fraction of sp³-hybridized carbons (Fsp3) is 0.276. The van der Waals surface area contributed by atoms with E-state index >= 15 is 0 Å². The second kappa shape index (κ2) is 11.4. The average Bonchev–Trinajstić information content (AvgIpc) is 3.55. The van der Waals surface area contributed by atoms with Crippen LogP contribution in [-0.4, -0.2) is 25.3 Å². The molecule has 0 bridgehead atoms. The highest BCUT2D eigenvalue weighted by atomic mass is 32.1. The molecule has 8 nitrogen and oxygen atoms in total. The van der Waals surface area contributed by atoms with Gasteiger partial charge in [-0.2, -0.15) is 5.26 Å². The molecule has 2 heterocycles. The molecule has 38 heavy (non-hydrogen) atoms. The Labute approximate surface area is 224 Å². The molecule has 2 aliphatic rings. The smallest absolute Gasteiger partial charge is 0.341 e. The Hall–Kier alpha value is -4.29. The number of amides is 1. The van der Waals surface area contributed by atoms with Crippen molar-refractivity contribution in [2.24, 2.45) is 0 Å². The molecular formula is C29H26N2O6S. The van der Waals surface area contributed by atoms with Crippen molar-refractivity contribution in [3.63, 3.8) is 0 Å². The van der Waals surface area contributed by atoms with Crippen LogP contribution in [0.4, 0.5) is 5.00 Å². The van der Waals surface area contributed by atoms with Crippen LogP contribution >= 0.6 is 11.3 Å². The van der Waals surface area contributed by atoms with E-state index < -0.39 is 11.9 Å². The topological polar surface area (TPSA) is 107 Å². The van der Waals surface area contributed by atoms with E-state index in [1.54, 1.807) is 31.2 Å². The van der Waals surface area contributed by atoms with Crippen LogP contribution in [0.5, 0.6) is 17.2 Å². The average molecular weight is 531 g/mol. The molecule has 5 rings (SSSR count). The van der Waals surface area contributed by atoms with Gasteiger partial charge in [-0.25, -0.2) is 4.79 Å². The monoisotopic (exact) mass is 530 g/mol. The van der Waals surface area contributed by atoms with E-state index in [1.165, 1.54) is 17.4 Å². The van der Waals surface area contributed by atoms with Crippen LogP contribution in [0.2, 0.25) is 0 Å². The molecule has 1 N–H and O–H groups in total. The number of esters is 1. The van der Waals surface area contributed by atoms with Crippen molar-refractivity contribution >= 4 is 34.3 Å². The first-order valence-corrected chi connectivity index (χ1v) is 13.2. The Morgan fingerprint density at radius 3 is 2.68 bits per heavy atom. The number of ether oxygens (including phenoxy) is 4. The summed E-state index contributed by atoms with van der Waals surface area (Å²) in [5.41, 5.74) is 2.91. The van der Waals surface area contributed by atoms with Gasteiger partial charge in [-0.3, -0.25) is 4.79 Å². The summed E-state index contributed by atoms with van der Waals surface area (Å²) in [4.78, 5) is 26.8. The fourth-order valence-corrected chi connectivity index (χ4v) is 5.69. The molecule has 0 unspecified atom stereocenters. The van der Waals surface area contributed by atoms with E-state index in [0.29, 0.717) is 34.2 Å². The van der Waals surface area contributed by atoms with E-state index in [-0.39, 0.29) is 19.0 Å². The summed E-state index contributed by atoms with van der Waals surface area (Å²) in [5, 5.41) is 12.9. The number of nitrogens with zero attached hydrogens (tertiary/aromatic N) is 1. The fourth-order valence-electron chi connectivity index (χ4n) is 4.42. The minimum atomic E-state index is -0.570. The number of anilines is 1. The number of carbonyl (C=O) groups is 2. The summed E-state index contributed by atoms with van der Waals surface area (Å²) in [5.74, 6) is 1.05. The van der Waals surface area contributed by atoms with Gasteiger partial charge in [-0.05, 0) is 79.6 Å². The van der Waals surface area contributed by atoms with Gasteiger partial charge in [0.1, 0.15) is 29.0 Å².